The van der Waals surface area contributed by atoms with Crippen molar-refractivity contribution in [3.05, 3.63) is 77.6 Å². The highest BCUT2D eigenvalue weighted by atomic mass is 127. The maximum absolute atomic E-state index is 11.8. The van der Waals surface area contributed by atoms with E-state index in [0.29, 0.717) is 16.5 Å². The summed E-state index contributed by atoms with van der Waals surface area (Å²) in [5, 5.41) is 0.573. The molecule has 1 aromatic heterocycles. The van der Waals surface area contributed by atoms with Gasteiger partial charge in [-0.05, 0) is 46.9 Å². The number of alkyl halides is 1. The van der Waals surface area contributed by atoms with Crippen molar-refractivity contribution < 1.29 is 9.53 Å². The molecule has 0 atom stereocenters. The highest BCUT2D eigenvalue weighted by molar-refractivity contribution is 14.1. The van der Waals surface area contributed by atoms with Crippen molar-refractivity contribution in [2.45, 2.75) is 0 Å². The molecule has 0 fully saturated rings. The molecule has 0 aliphatic carbocycles. The molecule has 0 saturated carbocycles. The summed E-state index contributed by atoms with van der Waals surface area (Å²) in [6, 6.07) is 17.1. The number of aromatic nitrogens is 2. The molecule has 7 heteroatoms. The van der Waals surface area contributed by atoms with Crippen molar-refractivity contribution in [2.24, 2.45) is 0 Å². The number of para-hydroxylation sites is 2. The monoisotopic (exact) mass is 465 g/mol. The van der Waals surface area contributed by atoms with Crippen LogP contribution in [-0.2, 0) is 4.74 Å². The van der Waals surface area contributed by atoms with Gasteiger partial charge in [-0.3, -0.25) is 4.90 Å². The molecule has 0 unspecified atom stereocenters. The van der Waals surface area contributed by atoms with Gasteiger partial charge in [-0.25, -0.2) is 14.8 Å². The minimum atomic E-state index is -0.454. The summed E-state index contributed by atoms with van der Waals surface area (Å²) in [6.07, 6.45) is 2.90. The molecular weight excluding hydrogens is 453 g/mol. The van der Waals surface area contributed by atoms with Gasteiger partial charge >= 0.3 is 5.97 Å². The third-order valence-electron chi connectivity index (χ3n) is 3.37. The molecule has 3 rings (SSSR count). The lowest BCUT2D eigenvalue weighted by Crippen LogP contribution is -2.14. The molecule has 0 N–H and O–H groups in total. The van der Waals surface area contributed by atoms with Gasteiger partial charge in [-0.1, -0.05) is 41.9 Å². The molecule has 0 radical (unpaired) electrons. The van der Waals surface area contributed by atoms with E-state index in [4.69, 9.17) is 16.3 Å². The van der Waals surface area contributed by atoms with Gasteiger partial charge in [0.05, 0.1) is 16.3 Å². The maximum atomic E-state index is 11.8. The Balaban J connectivity index is 2.04. The van der Waals surface area contributed by atoms with Crippen LogP contribution in [0, 0.1) is 0 Å². The Labute approximate surface area is 163 Å². The summed E-state index contributed by atoms with van der Waals surface area (Å²) >= 11 is 8.33. The largest absolute Gasteiger partial charge is 0.451 e. The highest BCUT2D eigenvalue weighted by Gasteiger charge is 2.18. The Morgan fingerprint density at radius 1 is 1.04 bits per heavy atom. The van der Waals surface area contributed by atoms with E-state index in [9.17, 15) is 4.79 Å². The van der Waals surface area contributed by atoms with Crippen LogP contribution < -0.4 is 4.90 Å². The van der Waals surface area contributed by atoms with E-state index in [1.165, 1.54) is 12.4 Å². The third kappa shape index (κ3) is 4.08. The second-order valence-corrected chi connectivity index (χ2v) is 5.97. The summed E-state index contributed by atoms with van der Waals surface area (Å²) in [6.45, 7) is 0. The zero-order chi connectivity index (χ0) is 17.6. The lowest BCUT2D eigenvalue weighted by atomic mass is 10.2. The van der Waals surface area contributed by atoms with Gasteiger partial charge < -0.3 is 4.74 Å². The lowest BCUT2D eigenvalue weighted by molar-refractivity contribution is 0.0589. The Bertz CT molecular complexity index is 860. The van der Waals surface area contributed by atoms with Gasteiger partial charge in [0.15, 0.2) is 0 Å². The zero-order valence-electron chi connectivity index (χ0n) is 13.0. The molecule has 126 valence electrons. The number of benzene rings is 2. The number of anilines is 3. The minimum Gasteiger partial charge on any atom is -0.451 e. The van der Waals surface area contributed by atoms with Crippen LogP contribution in [-0.4, -0.2) is 20.6 Å². The SMILES string of the molecule is O=C(OCI)c1cnc(N(c2ccccc2)c2ccccc2Cl)nc1. The van der Waals surface area contributed by atoms with Crippen LogP contribution in [0.2, 0.25) is 5.02 Å². The van der Waals surface area contributed by atoms with Crippen LogP contribution in [0.5, 0.6) is 0 Å². The first kappa shape index (κ1) is 17.6. The number of nitrogens with zero attached hydrogens (tertiary/aromatic N) is 3. The normalized spacial score (nSPS) is 10.3. The van der Waals surface area contributed by atoms with Crippen LogP contribution in [0.4, 0.5) is 17.3 Å². The Hall–Kier alpha value is -2.19. The predicted molar refractivity (Wildman–Crippen MR) is 106 cm³/mol. The summed E-state index contributed by atoms with van der Waals surface area (Å²) in [7, 11) is 0. The van der Waals surface area contributed by atoms with Crippen molar-refractivity contribution in [3.63, 3.8) is 0 Å². The summed E-state index contributed by atoms with van der Waals surface area (Å²) in [5.74, 6) is -0.0460. The summed E-state index contributed by atoms with van der Waals surface area (Å²) in [4.78, 5) is 22.3. The second-order valence-electron chi connectivity index (χ2n) is 4.94. The van der Waals surface area contributed by atoms with E-state index >= 15 is 0 Å². The number of rotatable bonds is 5. The van der Waals surface area contributed by atoms with E-state index in [1.807, 2.05) is 76.0 Å². The fourth-order valence-corrected chi connectivity index (χ4v) is 2.75. The number of carbonyl (C=O) groups excluding carboxylic acids is 1. The quantitative estimate of drug-likeness (QED) is 0.296. The molecule has 5 nitrogen and oxygen atoms in total. The van der Waals surface area contributed by atoms with Crippen molar-refractivity contribution in [1.29, 1.82) is 0 Å². The average Bonchev–Trinajstić information content (AvgIpc) is 2.65. The topological polar surface area (TPSA) is 55.3 Å². The van der Waals surface area contributed by atoms with Gasteiger partial charge in [-0.2, -0.15) is 0 Å². The average molecular weight is 466 g/mol. The first-order valence-corrected chi connectivity index (χ1v) is 9.26. The number of hydrogen-bond acceptors (Lipinski definition) is 5. The van der Waals surface area contributed by atoms with Gasteiger partial charge in [0.2, 0.25) is 5.95 Å². The number of ether oxygens (including phenoxy) is 1. The molecule has 3 aromatic rings. The van der Waals surface area contributed by atoms with E-state index in [1.54, 1.807) is 6.07 Å². The van der Waals surface area contributed by atoms with Crippen LogP contribution in [0.3, 0.4) is 0 Å². The van der Waals surface area contributed by atoms with Crippen molar-refractivity contribution in [3.8, 4) is 0 Å². The Morgan fingerprint density at radius 3 is 2.32 bits per heavy atom. The molecule has 0 bridgehead atoms. The van der Waals surface area contributed by atoms with Crippen molar-refractivity contribution >= 4 is 57.5 Å². The molecular formula is C18H13ClIN3O2. The molecule has 25 heavy (non-hydrogen) atoms. The van der Waals surface area contributed by atoms with E-state index in [0.717, 1.165) is 11.4 Å². The maximum Gasteiger partial charge on any atom is 0.342 e. The molecule has 0 saturated heterocycles. The summed E-state index contributed by atoms with van der Waals surface area (Å²) < 4.78 is 5.22. The van der Waals surface area contributed by atoms with Crippen molar-refractivity contribution in [2.75, 3.05) is 9.51 Å². The van der Waals surface area contributed by atoms with E-state index in [2.05, 4.69) is 9.97 Å². The molecule has 2 aromatic carbocycles. The minimum absolute atomic E-state index is 0.272. The fraction of sp³-hybridized carbons (Fsp3) is 0.0556. The number of hydrogen-bond donors (Lipinski definition) is 0. The van der Waals surface area contributed by atoms with Crippen LogP contribution in [0.25, 0.3) is 0 Å². The Morgan fingerprint density at radius 2 is 1.68 bits per heavy atom. The number of carbonyl (C=O) groups is 1. The first-order chi connectivity index (χ1) is 12.2. The fourth-order valence-electron chi connectivity index (χ4n) is 2.25. The zero-order valence-corrected chi connectivity index (χ0v) is 15.9. The lowest BCUT2D eigenvalue weighted by Gasteiger charge is -2.23. The van der Waals surface area contributed by atoms with Crippen LogP contribution in [0.15, 0.2) is 67.0 Å². The third-order valence-corrected chi connectivity index (χ3v) is 4.00. The van der Waals surface area contributed by atoms with Crippen molar-refractivity contribution in [1.82, 2.24) is 9.97 Å². The highest BCUT2D eigenvalue weighted by Crippen LogP contribution is 2.36. The Kier molecular flexibility index (Phi) is 5.83. The van der Waals surface area contributed by atoms with Gasteiger partial charge in [0.25, 0.3) is 0 Å². The standard InChI is InChI=1S/C18H13ClIN3O2/c19-15-8-4-5-9-16(15)23(14-6-2-1-3-7-14)18-21-10-13(11-22-18)17(24)25-12-20/h1-11H,12H2. The number of halogens is 2. The number of esters is 1. The molecule has 0 amide bonds. The van der Waals surface area contributed by atoms with Gasteiger partial charge in [-0.15, -0.1) is 0 Å². The van der Waals surface area contributed by atoms with Crippen LogP contribution in [0.1, 0.15) is 10.4 Å². The second kappa shape index (κ2) is 8.26. The molecule has 1 heterocycles. The van der Waals surface area contributed by atoms with Gasteiger partial charge in [0.1, 0.15) is 4.61 Å². The first-order valence-electron chi connectivity index (χ1n) is 7.35. The van der Waals surface area contributed by atoms with Crippen LogP contribution >= 0.6 is 34.2 Å². The van der Waals surface area contributed by atoms with Gasteiger partial charge in [0, 0.05) is 18.1 Å². The molecule has 0 aliphatic rings. The molecule has 0 aliphatic heterocycles. The van der Waals surface area contributed by atoms with E-state index < -0.39 is 5.97 Å². The smallest absolute Gasteiger partial charge is 0.342 e. The molecule has 0 spiro atoms. The predicted octanol–water partition coefficient (Wildman–Crippen LogP) is 5.15. The summed E-state index contributed by atoms with van der Waals surface area (Å²) in [5.41, 5.74) is 1.91. The van der Waals surface area contributed by atoms with E-state index in [-0.39, 0.29) is 4.61 Å².